The van der Waals surface area contributed by atoms with Crippen molar-refractivity contribution >= 4 is 21.6 Å². The van der Waals surface area contributed by atoms with Crippen LogP contribution in [-0.2, 0) is 6.42 Å². The minimum Gasteiger partial charge on any atom is -0.398 e. The highest BCUT2D eigenvalue weighted by Gasteiger charge is 2.28. The van der Waals surface area contributed by atoms with Crippen molar-refractivity contribution in [2.75, 3.05) is 5.73 Å². The number of hydrogen-bond acceptors (Lipinski definition) is 2. The number of rotatable bonds is 5. The van der Waals surface area contributed by atoms with E-state index in [2.05, 4.69) is 20.9 Å². The van der Waals surface area contributed by atoms with Gasteiger partial charge in [0.25, 0.3) is 0 Å². The fraction of sp³-hybridized carbons (Fsp3) is 0.583. The van der Waals surface area contributed by atoms with Gasteiger partial charge in [-0.25, -0.2) is 0 Å². The average Bonchev–Trinajstić information content (AvgIpc) is 3.04. The van der Waals surface area contributed by atoms with E-state index in [-0.39, 0.29) is 0 Å². The van der Waals surface area contributed by atoms with Gasteiger partial charge in [0.2, 0.25) is 0 Å². The van der Waals surface area contributed by atoms with Crippen LogP contribution in [0.25, 0.3) is 0 Å². The highest BCUT2D eigenvalue weighted by Crippen LogP contribution is 2.38. The largest absolute Gasteiger partial charge is 0.398 e. The minimum atomic E-state index is 0.718. The van der Waals surface area contributed by atoms with Crippen molar-refractivity contribution in [3.05, 3.63) is 24.0 Å². The summed E-state index contributed by atoms with van der Waals surface area (Å²) in [4.78, 5) is 4.82. The topological polar surface area (TPSA) is 38.9 Å². The summed E-state index contributed by atoms with van der Waals surface area (Å²) < 4.78 is 0. The zero-order chi connectivity index (χ0) is 10.7. The predicted octanol–water partition coefficient (Wildman–Crippen LogP) is 3.16. The van der Waals surface area contributed by atoms with E-state index in [0.717, 1.165) is 22.9 Å². The zero-order valence-corrected chi connectivity index (χ0v) is 10.4. The van der Waals surface area contributed by atoms with E-state index in [1.165, 1.54) is 31.2 Å². The third kappa shape index (κ3) is 3.20. The van der Waals surface area contributed by atoms with Crippen molar-refractivity contribution in [1.82, 2.24) is 4.98 Å². The van der Waals surface area contributed by atoms with E-state index in [1.807, 2.05) is 12.3 Å². The molecule has 1 atom stereocenters. The van der Waals surface area contributed by atoms with Crippen LogP contribution in [0.2, 0.25) is 0 Å². The molecule has 3 heteroatoms. The standard InChI is InChI=1S/C12H17BrN2/c13-11(9-4-5-9)3-1-2-10-8-15-7-6-12(10)14/h6-9,11H,1-5H2,(H2,14,15). The molecule has 0 aromatic carbocycles. The van der Waals surface area contributed by atoms with Gasteiger partial charge in [-0.05, 0) is 49.7 Å². The molecule has 0 aliphatic heterocycles. The molecule has 1 saturated carbocycles. The van der Waals surface area contributed by atoms with E-state index < -0.39 is 0 Å². The number of anilines is 1. The average molecular weight is 269 g/mol. The summed E-state index contributed by atoms with van der Waals surface area (Å²) >= 11 is 3.75. The van der Waals surface area contributed by atoms with Crippen LogP contribution in [0.3, 0.4) is 0 Å². The molecule has 0 spiro atoms. The number of aromatic nitrogens is 1. The molecule has 1 unspecified atom stereocenters. The van der Waals surface area contributed by atoms with Crippen LogP contribution in [0.5, 0.6) is 0 Å². The van der Waals surface area contributed by atoms with Gasteiger partial charge in [-0.1, -0.05) is 15.9 Å². The summed E-state index contributed by atoms with van der Waals surface area (Å²) in [7, 11) is 0. The van der Waals surface area contributed by atoms with Crippen molar-refractivity contribution in [3.8, 4) is 0 Å². The first kappa shape index (κ1) is 10.9. The van der Waals surface area contributed by atoms with Gasteiger partial charge < -0.3 is 5.73 Å². The second-order valence-electron chi connectivity index (χ2n) is 4.32. The molecule has 1 aliphatic rings. The molecule has 1 heterocycles. The molecule has 1 aromatic rings. The second kappa shape index (κ2) is 4.97. The van der Waals surface area contributed by atoms with Gasteiger partial charge in [-0.2, -0.15) is 0 Å². The van der Waals surface area contributed by atoms with Gasteiger partial charge in [0, 0.05) is 22.9 Å². The Bertz CT molecular complexity index is 323. The van der Waals surface area contributed by atoms with Crippen molar-refractivity contribution in [3.63, 3.8) is 0 Å². The van der Waals surface area contributed by atoms with Crippen molar-refractivity contribution in [2.24, 2.45) is 5.92 Å². The van der Waals surface area contributed by atoms with Crippen LogP contribution in [0, 0.1) is 5.92 Å². The molecule has 15 heavy (non-hydrogen) atoms. The fourth-order valence-corrected chi connectivity index (χ4v) is 2.68. The summed E-state index contributed by atoms with van der Waals surface area (Å²) in [6.07, 6.45) is 9.94. The first-order chi connectivity index (χ1) is 7.27. The number of nitrogen functional groups attached to an aromatic ring is 1. The third-order valence-electron chi connectivity index (χ3n) is 3.00. The van der Waals surface area contributed by atoms with E-state index in [1.54, 1.807) is 6.20 Å². The lowest BCUT2D eigenvalue weighted by Crippen LogP contribution is -2.02. The van der Waals surface area contributed by atoms with Gasteiger partial charge in [-0.3, -0.25) is 4.98 Å². The number of hydrogen-bond donors (Lipinski definition) is 1. The lowest BCUT2D eigenvalue weighted by atomic mass is 10.1. The Morgan fingerprint density at radius 3 is 3.00 bits per heavy atom. The van der Waals surface area contributed by atoms with Crippen LogP contribution in [0.15, 0.2) is 18.5 Å². The maximum Gasteiger partial charge on any atom is 0.0377 e. The zero-order valence-electron chi connectivity index (χ0n) is 8.82. The Balaban J connectivity index is 1.75. The molecule has 82 valence electrons. The Kier molecular flexibility index (Phi) is 3.62. The van der Waals surface area contributed by atoms with Gasteiger partial charge in [0.1, 0.15) is 0 Å². The Morgan fingerprint density at radius 2 is 2.33 bits per heavy atom. The Morgan fingerprint density at radius 1 is 1.53 bits per heavy atom. The number of halogens is 1. The summed E-state index contributed by atoms with van der Waals surface area (Å²) in [5, 5.41) is 0. The number of aryl methyl sites for hydroxylation is 1. The molecule has 2 rings (SSSR count). The molecule has 0 radical (unpaired) electrons. The monoisotopic (exact) mass is 268 g/mol. The molecule has 2 N–H and O–H groups in total. The third-order valence-corrected chi connectivity index (χ3v) is 4.21. The number of nitrogens with two attached hydrogens (primary N) is 1. The van der Waals surface area contributed by atoms with Crippen LogP contribution in [0.1, 0.15) is 31.2 Å². The molecule has 2 nitrogen and oxygen atoms in total. The van der Waals surface area contributed by atoms with E-state index in [9.17, 15) is 0 Å². The molecule has 0 saturated heterocycles. The van der Waals surface area contributed by atoms with Gasteiger partial charge in [0.15, 0.2) is 0 Å². The van der Waals surface area contributed by atoms with Crippen LogP contribution >= 0.6 is 15.9 Å². The number of pyridine rings is 1. The predicted molar refractivity (Wildman–Crippen MR) is 67.0 cm³/mol. The summed E-state index contributed by atoms with van der Waals surface area (Å²) in [6, 6.07) is 1.88. The summed E-state index contributed by atoms with van der Waals surface area (Å²) in [6.45, 7) is 0. The summed E-state index contributed by atoms with van der Waals surface area (Å²) in [5.74, 6) is 0.941. The van der Waals surface area contributed by atoms with E-state index >= 15 is 0 Å². The maximum atomic E-state index is 5.86. The highest BCUT2D eigenvalue weighted by atomic mass is 79.9. The van der Waals surface area contributed by atoms with Gasteiger partial charge in [-0.15, -0.1) is 0 Å². The van der Waals surface area contributed by atoms with Crippen LogP contribution in [-0.4, -0.2) is 9.81 Å². The highest BCUT2D eigenvalue weighted by molar-refractivity contribution is 9.09. The molecular formula is C12H17BrN2. The first-order valence-electron chi connectivity index (χ1n) is 5.60. The first-order valence-corrected chi connectivity index (χ1v) is 6.51. The SMILES string of the molecule is Nc1ccncc1CCCC(Br)C1CC1. The van der Waals surface area contributed by atoms with Crippen molar-refractivity contribution in [1.29, 1.82) is 0 Å². The van der Waals surface area contributed by atoms with Crippen LogP contribution in [0.4, 0.5) is 5.69 Å². The fourth-order valence-electron chi connectivity index (χ4n) is 1.83. The molecule has 0 bridgehead atoms. The molecule has 1 fully saturated rings. The normalized spacial score (nSPS) is 17.7. The van der Waals surface area contributed by atoms with E-state index in [0.29, 0.717) is 0 Å². The second-order valence-corrected chi connectivity index (χ2v) is 5.50. The Hall–Kier alpha value is -0.570. The number of nitrogens with zero attached hydrogens (tertiary/aromatic N) is 1. The minimum absolute atomic E-state index is 0.718. The quantitative estimate of drug-likeness (QED) is 0.834. The molecule has 0 amide bonds. The lowest BCUT2D eigenvalue weighted by Gasteiger charge is -2.08. The van der Waals surface area contributed by atoms with Gasteiger partial charge >= 0.3 is 0 Å². The lowest BCUT2D eigenvalue weighted by molar-refractivity contribution is 0.653. The van der Waals surface area contributed by atoms with Crippen molar-refractivity contribution in [2.45, 2.75) is 36.9 Å². The molecule has 1 aliphatic carbocycles. The Labute approximate surface area is 99.4 Å². The maximum absolute atomic E-state index is 5.86. The van der Waals surface area contributed by atoms with Crippen LogP contribution < -0.4 is 5.73 Å². The smallest absolute Gasteiger partial charge is 0.0377 e. The van der Waals surface area contributed by atoms with Crippen molar-refractivity contribution < 1.29 is 0 Å². The van der Waals surface area contributed by atoms with Gasteiger partial charge in [0.05, 0.1) is 0 Å². The molecule has 1 aromatic heterocycles. The van der Waals surface area contributed by atoms with E-state index in [4.69, 9.17) is 5.73 Å². The molecular weight excluding hydrogens is 252 g/mol. The summed E-state index contributed by atoms with van der Waals surface area (Å²) in [5.41, 5.74) is 7.92. The number of alkyl halides is 1.